The molecule has 3 rings (SSSR count). The Labute approximate surface area is 119 Å². The van der Waals surface area contributed by atoms with Crippen LogP contribution in [0.25, 0.3) is 11.0 Å². The molecule has 1 aliphatic heterocycles. The van der Waals surface area contributed by atoms with E-state index in [9.17, 15) is 0 Å². The van der Waals surface area contributed by atoms with Crippen molar-refractivity contribution in [3.63, 3.8) is 0 Å². The van der Waals surface area contributed by atoms with Crippen LogP contribution >= 0.6 is 11.6 Å². The molecule has 1 saturated heterocycles. The van der Waals surface area contributed by atoms with Crippen LogP contribution in [0.2, 0.25) is 0 Å². The summed E-state index contributed by atoms with van der Waals surface area (Å²) in [7, 11) is 0. The molecule has 0 aliphatic carbocycles. The SMILES string of the molecule is Cc1ccc2nc(C(C)Cl)n(N3CCCCC3)c2c1. The first-order chi connectivity index (χ1) is 9.16. The highest BCUT2D eigenvalue weighted by Gasteiger charge is 2.20. The minimum absolute atomic E-state index is 0.0744. The Morgan fingerprint density at radius 2 is 1.95 bits per heavy atom. The number of aromatic nitrogens is 2. The van der Waals surface area contributed by atoms with Crippen molar-refractivity contribution < 1.29 is 0 Å². The maximum Gasteiger partial charge on any atom is 0.146 e. The van der Waals surface area contributed by atoms with Gasteiger partial charge in [-0.05, 0) is 50.8 Å². The zero-order chi connectivity index (χ0) is 13.4. The highest BCUT2D eigenvalue weighted by Crippen LogP contribution is 2.26. The van der Waals surface area contributed by atoms with Crippen LogP contribution in [0.5, 0.6) is 0 Å². The zero-order valence-corrected chi connectivity index (χ0v) is 12.3. The number of hydrogen-bond acceptors (Lipinski definition) is 2. The number of nitrogens with zero attached hydrogens (tertiary/aromatic N) is 3. The summed E-state index contributed by atoms with van der Waals surface area (Å²) >= 11 is 6.33. The number of fused-ring (bicyclic) bond motifs is 1. The van der Waals surface area contributed by atoms with E-state index in [4.69, 9.17) is 16.6 Å². The topological polar surface area (TPSA) is 21.1 Å². The lowest BCUT2D eigenvalue weighted by Crippen LogP contribution is -2.40. The molecule has 0 bridgehead atoms. The number of halogens is 1. The van der Waals surface area contributed by atoms with Crippen LogP contribution in [0.15, 0.2) is 18.2 Å². The Kier molecular flexibility index (Phi) is 3.40. The second-order valence-corrected chi connectivity index (χ2v) is 6.06. The van der Waals surface area contributed by atoms with Crippen LogP contribution in [0.4, 0.5) is 0 Å². The third-order valence-electron chi connectivity index (χ3n) is 3.78. The highest BCUT2D eigenvalue weighted by atomic mass is 35.5. The summed E-state index contributed by atoms with van der Waals surface area (Å²) in [6.45, 7) is 6.30. The molecule has 2 heterocycles. The van der Waals surface area contributed by atoms with Crippen LogP contribution in [-0.2, 0) is 0 Å². The van der Waals surface area contributed by atoms with Crippen molar-refractivity contribution in [3.05, 3.63) is 29.6 Å². The molecule has 1 fully saturated rings. The second-order valence-electron chi connectivity index (χ2n) is 5.40. The van der Waals surface area contributed by atoms with Gasteiger partial charge >= 0.3 is 0 Å². The Balaban J connectivity index is 2.17. The predicted octanol–water partition coefficient (Wildman–Crippen LogP) is 3.77. The smallest absolute Gasteiger partial charge is 0.146 e. The molecule has 0 spiro atoms. The fraction of sp³-hybridized carbons (Fsp3) is 0.533. The molecule has 2 aromatic rings. The lowest BCUT2D eigenvalue weighted by molar-refractivity contribution is 0.475. The lowest BCUT2D eigenvalue weighted by atomic mass is 10.2. The van der Waals surface area contributed by atoms with E-state index >= 15 is 0 Å². The van der Waals surface area contributed by atoms with Crippen molar-refractivity contribution in [1.82, 2.24) is 9.66 Å². The van der Waals surface area contributed by atoms with Gasteiger partial charge in [-0.3, -0.25) is 0 Å². The first-order valence-electron chi connectivity index (χ1n) is 7.05. The average Bonchev–Trinajstić information content (AvgIpc) is 2.78. The molecular formula is C15H20ClN3. The van der Waals surface area contributed by atoms with Gasteiger partial charge in [0.2, 0.25) is 0 Å². The van der Waals surface area contributed by atoms with Gasteiger partial charge in [-0.25, -0.2) is 9.66 Å². The number of rotatable bonds is 2. The number of aryl methyl sites for hydroxylation is 1. The summed E-state index contributed by atoms with van der Waals surface area (Å²) in [6, 6.07) is 6.41. The van der Waals surface area contributed by atoms with Crippen molar-refractivity contribution >= 4 is 22.6 Å². The number of alkyl halides is 1. The van der Waals surface area contributed by atoms with E-state index in [-0.39, 0.29) is 5.38 Å². The molecule has 4 heteroatoms. The second kappa shape index (κ2) is 5.04. The zero-order valence-electron chi connectivity index (χ0n) is 11.6. The summed E-state index contributed by atoms with van der Waals surface area (Å²) in [6.07, 6.45) is 3.83. The van der Waals surface area contributed by atoms with Crippen molar-refractivity contribution in [2.24, 2.45) is 0 Å². The van der Waals surface area contributed by atoms with Crippen LogP contribution in [0, 0.1) is 6.92 Å². The van der Waals surface area contributed by atoms with Gasteiger partial charge in [0.25, 0.3) is 0 Å². The van der Waals surface area contributed by atoms with Gasteiger partial charge in [0.1, 0.15) is 5.82 Å². The summed E-state index contributed by atoms with van der Waals surface area (Å²) in [5, 5.41) is 2.32. The van der Waals surface area contributed by atoms with Gasteiger partial charge in [0.15, 0.2) is 0 Å². The molecule has 0 amide bonds. The van der Waals surface area contributed by atoms with E-state index in [0.29, 0.717) is 0 Å². The van der Waals surface area contributed by atoms with Crippen LogP contribution < -0.4 is 5.01 Å². The van der Waals surface area contributed by atoms with Crippen molar-refractivity contribution in [2.75, 3.05) is 18.1 Å². The van der Waals surface area contributed by atoms with Gasteiger partial charge in [-0.1, -0.05) is 6.07 Å². The summed E-state index contributed by atoms with van der Waals surface area (Å²) in [4.78, 5) is 4.72. The molecular weight excluding hydrogens is 258 g/mol. The average molecular weight is 278 g/mol. The fourth-order valence-corrected chi connectivity index (χ4v) is 2.96. The van der Waals surface area contributed by atoms with Gasteiger partial charge in [0.05, 0.1) is 16.4 Å². The Morgan fingerprint density at radius 3 is 2.63 bits per heavy atom. The van der Waals surface area contributed by atoms with E-state index in [1.54, 1.807) is 0 Å². The molecule has 0 saturated carbocycles. The third-order valence-corrected chi connectivity index (χ3v) is 3.98. The molecule has 19 heavy (non-hydrogen) atoms. The first-order valence-corrected chi connectivity index (χ1v) is 7.49. The molecule has 1 unspecified atom stereocenters. The van der Waals surface area contributed by atoms with E-state index in [1.807, 2.05) is 6.92 Å². The minimum Gasteiger partial charge on any atom is -0.311 e. The van der Waals surface area contributed by atoms with Crippen molar-refractivity contribution in [3.8, 4) is 0 Å². The summed E-state index contributed by atoms with van der Waals surface area (Å²) < 4.78 is 2.25. The first kappa shape index (κ1) is 12.8. The third kappa shape index (κ3) is 2.32. The van der Waals surface area contributed by atoms with Gasteiger partial charge in [-0.2, -0.15) is 0 Å². The standard InChI is InChI=1S/C15H20ClN3/c1-11-6-7-13-14(10-11)19(15(17-13)12(2)16)18-8-4-3-5-9-18/h6-7,10,12H,3-5,8-9H2,1-2H3. The monoisotopic (exact) mass is 277 g/mol. The van der Waals surface area contributed by atoms with Gasteiger partial charge < -0.3 is 5.01 Å². The van der Waals surface area contributed by atoms with E-state index in [0.717, 1.165) is 24.4 Å². The van der Waals surface area contributed by atoms with Crippen LogP contribution in [0.1, 0.15) is 43.0 Å². The maximum absolute atomic E-state index is 6.33. The molecule has 1 aromatic heterocycles. The van der Waals surface area contributed by atoms with Gasteiger partial charge in [-0.15, -0.1) is 11.6 Å². The number of benzene rings is 1. The summed E-state index contributed by atoms with van der Waals surface area (Å²) in [5.41, 5.74) is 3.49. The Hall–Kier alpha value is -1.22. The van der Waals surface area contributed by atoms with Crippen molar-refractivity contribution in [1.29, 1.82) is 0 Å². The normalized spacial score (nSPS) is 17.9. The molecule has 0 radical (unpaired) electrons. The molecule has 0 N–H and O–H groups in total. The highest BCUT2D eigenvalue weighted by molar-refractivity contribution is 6.20. The van der Waals surface area contributed by atoms with E-state index < -0.39 is 0 Å². The maximum atomic E-state index is 6.33. The van der Waals surface area contributed by atoms with Crippen molar-refractivity contribution in [2.45, 2.75) is 38.5 Å². The number of imidazole rings is 1. The Morgan fingerprint density at radius 1 is 1.21 bits per heavy atom. The Bertz CT molecular complexity index is 582. The number of piperidine rings is 1. The molecule has 1 aromatic carbocycles. The van der Waals surface area contributed by atoms with E-state index in [2.05, 4.69) is 34.8 Å². The number of hydrogen-bond donors (Lipinski definition) is 0. The van der Waals surface area contributed by atoms with E-state index in [1.165, 1.54) is 30.3 Å². The van der Waals surface area contributed by atoms with Crippen LogP contribution in [-0.4, -0.2) is 22.7 Å². The molecule has 102 valence electrons. The lowest BCUT2D eigenvalue weighted by Gasteiger charge is -2.31. The molecule has 3 nitrogen and oxygen atoms in total. The largest absolute Gasteiger partial charge is 0.311 e. The minimum atomic E-state index is -0.0744. The fourth-order valence-electron chi connectivity index (χ4n) is 2.82. The molecule has 1 aliphatic rings. The quantitative estimate of drug-likeness (QED) is 0.779. The van der Waals surface area contributed by atoms with Crippen LogP contribution in [0.3, 0.4) is 0 Å². The summed E-state index contributed by atoms with van der Waals surface area (Å²) in [5.74, 6) is 0.962. The predicted molar refractivity (Wildman–Crippen MR) is 80.5 cm³/mol. The van der Waals surface area contributed by atoms with Gasteiger partial charge in [0, 0.05) is 13.1 Å². The molecule has 1 atom stereocenters.